The highest BCUT2D eigenvalue weighted by Gasteiger charge is 2.21. The number of anilines is 1. The second-order valence-corrected chi connectivity index (χ2v) is 6.37. The SMILES string of the molecule is CSCC(=O)N1CCN(CC(=O)Nc2ccc(C)cc2)CC1. The molecule has 0 unspecified atom stereocenters. The number of hydrogen-bond donors (Lipinski definition) is 1. The van der Waals surface area contributed by atoms with Gasteiger partial charge in [-0.15, -0.1) is 0 Å². The lowest BCUT2D eigenvalue weighted by atomic mass is 10.2. The largest absolute Gasteiger partial charge is 0.339 e. The number of hydrogen-bond acceptors (Lipinski definition) is 4. The quantitative estimate of drug-likeness (QED) is 0.892. The van der Waals surface area contributed by atoms with Gasteiger partial charge in [0, 0.05) is 31.9 Å². The van der Waals surface area contributed by atoms with E-state index in [9.17, 15) is 9.59 Å². The fourth-order valence-electron chi connectivity index (χ4n) is 2.41. The lowest BCUT2D eigenvalue weighted by molar-refractivity contribution is -0.130. The van der Waals surface area contributed by atoms with Crippen molar-refractivity contribution in [3.63, 3.8) is 0 Å². The van der Waals surface area contributed by atoms with Crippen molar-refractivity contribution < 1.29 is 9.59 Å². The van der Waals surface area contributed by atoms with Crippen LogP contribution in [-0.2, 0) is 9.59 Å². The van der Waals surface area contributed by atoms with E-state index in [0.29, 0.717) is 25.4 Å². The zero-order valence-corrected chi connectivity index (χ0v) is 14.0. The Kier molecular flexibility index (Phi) is 6.27. The number of nitrogens with one attached hydrogen (secondary N) is 1. The van der Waals surface area contributed by atoms with E-state index in [1.807, 2.05) is 42.3 Å². The second kappa shape index (κ2) is 8.19. The fraction of sp³-hybridized carbons (Fsp3) is 0.500. The first-order chi connectivity index (χ1) is 10.6. The number of carbonyl (C=O) groups is 2. The van der Waals surface area contributed by atoms with Crippen molar-refractivity contribution in [3.05, 3.63) is 29.8 Å². The zero-order chi connectivity index (χ0) is 15.9. The molecule has 2 rings (SSSR count). The molecule has 22 heavy (non-hydrogen) atoms. The van der Waals surface area contributed by atoms with Crippen LogP contribution in [0.4, 0.5) is 5.69 Å². The molecule has 1 aromatic rings. The molecule has 0 atom stereocenters. The Morgan fingerprint density at radius 3 is 2.36 bits per heavy atom. The van der Waals surface area contributed by atoms with Crippen molar-refractivity contribution in [2.75, 3.05) is 50.0 Å². The maximum absolute atomic E-state index is 12.0. The minimum Gasteiger partial charge on any atom is -0.339 e. The van der Waals surface area contributed by atoms with Crippen molar-refractivity contribution in [2.45, 2.75) is 6.92 Å². The minimum atomic E-state index is -0.00672. The first kappa shape index (κ1) is 16.8. The zero-order valence-electron chi connectivity index (χ0n) is 13.2. The van der Waals surface area contributed by atoms with Crippen molar-refractivity contribution in [2.24, 2.45) is 0 Å². The van der Waals surface area contributed by atoms with Gasteiger partial charge in [-0.1, -0.05) is 17.7 Å². The molecule has 0 radical (unpaired) electrons. The fourth-order valence-corrected chi connectivity index (χ4v) is 2.84. The van der Waals surface area contributed by atoms with Gasteiger partial charge in [-0.2, -0.15) is 11.8 Å². The van der Waals surface area contributed by atoms with E-state index in [-0.39, 0.29) is 11.8 Å². The van der Waals surface area contributed by atoms with Crippen LogP contribution in [0.3, 0.4) is 0 Å². The summed E-state index contributed by atoms with van der Waals surface area (Å²) in [6, 6.07) is 7.77. The van der Waals surface area contributed by atoms with Gasteiger partial charge in [-0.3, -0.25) is 14.5 Å². The van der Waals surface area contributed by atoms with Gasteiger partial charge in [-0.25, -0.2) is 0 Å². The summed E-state index contributed by atoms with van der Waals surface area (Å²) in [5, 5.41) is 2.91. The Morgan fingerprint density at radius 2 is 1.77 bits per heavy atom. The summed E-state index contributed by atoms with van der Waals surface area (Å²) in [6.07, 6.45) is 1.93. The minimum absolute atomic E-state index is 0.00672. The van der Waals surface area contributed by atoms with E-state index in [1.54, 1.807) is 11.8 Å². The molecular weight excluding hydrogens is 298 g/mol. The Morgan fingerprint density at radius 1 is 1.14 bits per heavy atom. The van der Waals surface area contributed by atoms with Crippen molar-refractivity contribution in [1.29, 1.82) is 0 Å². The molecule has 0 aromatic heterocycles. The van der Waals surface area contributed by atoms with E-state index in [2.05, 4.69) is 10.2 Å². The molecular formula is C16H23N3O2S. The average molecular weight is 321 g/mol. The molecule has 2 amide bonds. The molecule has 5 nitrogen and oxygen atoms in total. The lowest BCUT2D eigenvalue weighted by Gasteiger charge is -2.34. The molecule has 1 fully saturated rings. The van der Waals surface area contributed by atoms with Gasteiger partial charge in [0.05, 0.1) is 12.3 Å². The average Bonchev–Trinajstić information content (AvgIpc) is 2.50. The first-order valence-electron chi connectivity index (χ1n) is 7.44. The number of thioether (sulfide) groups is 1. The first-order valence-corrected chi connectivity index (χ1v) is 8.83. The van der Waals surface area contributed by atoms with Gasteiger partial charge in [0.2, 0.25) is 11.8 Å². The molecule has 0 spiro atoms. The molecule has 6 heteroatoms. The smallest absolute Gasteiger partial charge is 0.238 e. The lowest BCUT2D eigenvalue weighted by Crippen LogP contribution is -2.50. The molecule has 0 saturated carbocycles. The predicted octanol–water partition coefficient (Wildman–Crippen LogP) is 1.44. The summed E-state index contributed by atoms with van der Waals surface area (Å²) in [6.45, 7) is 5.30. The van der Waals surface area contributed by atoms with Crippen LogP contribution in [0.2, 0.25) is 0 Å². The van der Waals surface area contributed by atoms with E-state index >= 15 is 0 Å². The molecule has 120 valence electrons. The topological polar surface area (TPSA) is 52.7 Å². The van der Waals surface area contributed by atoms with Gasteiger partial charge in [-0.05, 0) is 25.3 Å². The van der Waals surface area contributed by atoms with Gasteiger partial charge in [0.25, 0.3) is 0 Å². The Balaban J connectivity index is 1.74. The molecule has 1 aliphatic heterocycles. The highest BCUT2D eigenvalue weighted by atomic mass is 32.2. The normalized spacial score (nSPS) is 15.6. The van der Waals surface area contributed by atoms with E-state index in [0.717, 1.165) is 18.8 Å². The third kappa shape index (κ3) is 5.03. The van der Waals surface area contributed by atoms with Crippen molar-refractivity contribution in [3.8, 4) is 0 Å². The van der Waals surface area contributed by atoms with Gasteiger partial charge in [0.1, 0.15) is 0 Å². The van der Waals surface area contributed by atoms with Crippen LogP contribution in [0.25, 0.3) is 0 Å². The molecule has 1 heterocycles. The summed E-state index contributed by atoms with van der Waals surface area (Å²) in [5.74, 6) is 0.720. The van der Waals surface area contributed by atoms with Crippen molar-refractivity contribution >= 4 is 29.3 Å². The molecule has 1 aliphatic rings. The highest BCUT2D eigenvalue weighted by molar-refractivity contribution is 7.99. The van der Waals surface area contributed by atoms with Gasteiger partial charge < -0.3 is 10.2 Å². The van der Waals surface area contributed by atoms with Crippen LogP contribution in [0, 0.1) is 6.92 Å². The number of benzene rings is 1. The number of rotatable bonds is 5. The van der Waals surface area contributed by atoms with Crippen molar-refractivity contribution in [1.82, 2.24) is 9.80 Å². The Hall–Kier alpha value is -1.53. The summed E-state index contributed by atoms with van der Waals surface area (Å²) in [5.41, 5.74) is 1.99. The highest BCUT2D eigenvalue weighted by Crippen LogP contribution is 2.09. The third-order valence-electron chi connectivity index (χ3n) is 3.70. The second-order valence-electron chi connectivity index (χ2n) is 5.50. The van der Waals surface area contributed by atoms with Crippen LogP contribution >= 0.6 is 11.8 Å². The van der Waals surface area contributed by atoms with Crippen LogP contribution in [-0.4, -0.2) is 66.3 Å². The Bertz CT molecular complexity index is 511. The summed E-state index contributed by atoms with van der Waals surface area (Å²) >= 11 is 1.55. The molecule has 0 bridgehead atoms. The maximum Gasteiger partial charge on any atom is 0.238 e. The summed E-state index contributed by atoms with van der Waals surface area (Å²) < 4.78 is 0. The summed E-state index contributed by atoms with van der Waals surface area (Å²) in [4.78, 5) is 27.8. The van der Waals surface area contributed by atoms with Gasteiger partial charge >= 0.3 is 0 Å². The van der Waals surface area contributed by atoms with E-state index < -0.39 is 0 Å². The number of amides is 2. The Labute approximate surface area is 136 Å². The molecule has 1 N–H and O–H groups in total. The molecule has 0 aliphatic carbocycles. The van der Waals surface area contributed by atoms with E-state index in [1.165, 1.54) is 5.56 Å². The number of carbonyl (C=O) groups excluding carboxylic acids is 2. The number of nitrogens with zero attached hydrogens (tertiary/aromatic N) is 2. The van der Waals surface area contributed by atoms with Gasteiger partial charge in [0.15, 0.2) is 0 Å². The van der Waals surface area contributed by atoms with Crippen LogP contribution in [0.5, 0.6) is 0 Å². The van der Waals surface area contributed by atoms with Crippen LogP contribution < -0.4 is 5.32 Å². The molecule has 1 aromatic carbocycles. The van der Waals surface area contributed by atoms with E-state index in [4.69, 9.17) is 0 Å². The number of piperazine rings is 1. The van der Waals surface area contributed by atoms with Crippen LogP contribution in [0.15, 0.2) is 24.3 Å². The van der Waals surface area contributed by atoms with Crippen LogP contribution in [0.1, 0.15) is 5.56 Å². The predicted molar refractivity (Wildman–Crippen MR) is 91.2 cm³/mol. The monoisotopic (exact) mass is 321 g/mol. The number of aryl methyl sites for hydroxylation is 1. The summed E-state index contributed by atoms with van der Waals surface area (Å²) in [7, 11) is 0. The third-order valence-corrected chi connectivity index (χ3v) is 4.23. The maximum atomic E-state index is 12.0. The standard InChI is InChI=1S/C16H23N3O2S/c1-13-3-5-14(6-4-13)17-15(20)11-18-7-9-19(10-8-18)16(21)12-22-2/h3-6H,7-12H2,1-2H3,(H,17,20). The molecule has 1 saturated heterocycles.